The van der Waals surface area contributed by atoms with Crippen LogP contribution in [0.15, 0.2) is 48.5 Å². The molecule has 2 rings (SSSR count). The van der Waals surface area contributed by atoms with Crippen LogP contribution in [0.1, 0.15) is 21.5 Å². The molecule has 8 heteroatoms. The highest BCUT2D eigenvalue weighted by Gasteiger charge is 2.29. The van der Waals surface area contributed by atoms with Gasteiger partial charge in [-0.2, -0.15) is 13.2 Å². The first-order valence-electron chi connectivity index (χ1n) is 7.65. The average molecular weight is 366 g/mol. The fourth-order valence-corrected chi connectivity index (χ4v) is 2.16. The van der Waals surface area contributed by atoms with E-state index in [2.05, 4.69) is 10.6 Å². The molecule has 0 aromatic heterocycles. The van der Waals surface area contributed by atoms with E-state index < -0.39 is 23.6 Å². The van der Waals surface area contributed by atoms with Crippen LogP contribution in [-0.2, 0) is 17.5 Å². The summed E-state index contributed by atoms with van der Waals surface area (Å²) in [5.74, 6) is -0.546. The van der Waals surface area contributed by atoms with E-state index in [1.807, 2.05) is 0 Å². The predicted octanol–water partition coefficient (Wildman–Crippen LogP) is 2.76. The van der Waals surface area contributed by atoms with E-state index in [4.69, 9.17) is 4.74 Å². The zero-order valence-corrected chi connectivity index (χ0v) is 13.9. The van der Waals surface area contributed by atoms with Crippen molar-refractivity contribution in [2.24, 2.45) is 0 Å². The number of benzene rings is 2. The van der Waals surface area contributed by atoms with Gasteiger partial charge in [0.05, 0.1) is 24.8 Å². The van der Waals surface area contributed by atoms with E-state index in [1.54, 1.807) is 24.3 Å². The Balaban J connectivity index is 1.83. The van der Waals surface area contributed by atoms with Gasteiger partial charge >= 0.3 is 6.18 Å². The molecule has 2 N–H and O–H groups in total. The van der Waals surface area contributed by atoms with Crippen molar-refractivity contribution in [1.82, 2.24) is 10.6 Å². The van der Waals surface area contributed by atoms with Gasteiger partial charge in [-0.1, -0.05) is 24.3 Å². The van der Waals surface area contributed by atoms with Gasteiger partial charge in [0.1, 0.15) is 5.75 Å². The van der Waals surface area contributed by atoms with Gasteiger partial charge in [0.15, 0.2) is 0 Å². The number of methoxy groups -OCH3 is 1. The molecule has 0 heterocycles. The maximum atomic E-state index is 12.5. The lowest BCUT2D eigenvalue weighted by Crippen LogP contribution is -2.36. The number of carbonyl (C=O) groups excluding carboxylic acids is 2. The Hall–Kier alpha value is -3.03. The van der Waals surface area contributed by atoms with Gasteiger partial charge < -0.3 is 15.4 Å². The van der Waals surface area contributed by atoms with Crippen LogP contribution < -0.4 is 15.4 Å². The number of hydrogen-bond acceptors (Lipinski definition) is 3. The Bertz CT molecular complexity index is 774. The van der Waals surface area contributed by atoms with Gasteiger partial charge in [-0.15, -0.1) is 0 Å². The minimum absolute atomic E-state index is 0.0570. The van der Waals surface area contributed by atoms with Crippen LogP contribution >= 0.6 is 0 Å². The molecule has 5 nitrogen and oxygen atoms in total. The van der Waals surface area contributed by atoms with E-state index in [9.17, 15) is 22.8 Å². The van der Waals surface area contributed by atoms with Crippen molar-refractivity contribution in [2.75, 3.05) is 13.7 Å². The van der Waals surface area contributed by atoms with Crippen molar-refractivity contribution in [1.29, 1.82) is 0 Å². The molecular weight excluding hydrogens is 349 g/mol. The lowest BCUT2D eigenvalue weighted by molar-refractivity contribution is -0.137. The van der Waals surface area contributed by atoms with Crippen LogP contribution in [0.2, 0.25) is 0 Å². The van der Waals surface area contributed by atoms with Crippen LogP contribution in [0.3, 0.4) is 0 Å². The van der Waals surface area contributed by atoms with Crippen molar-refractivity contribution in [3.05, 3.63) is 65.2 Å². The van der Waals surface area contributed by atoms with Crippen LogP contribution in [0.5, 0.6) is 5.75 Å². The number of halogens is 3. The van der Waals surface area contributed by atoms with Gasteiger partial charge in [0, 0.05) is 6.54 Å². The van der Waals surface area contributed by atoms with Crippen molar-refractivity contribution in [3.8, 4) is 5.75 Å². The quantitative estimate of drug-likeness (QED) is 0.826. The largest absolute Gasteiger partial charge is 0.496 e. The molecule has 2 aromatic carbocycles. The normalized spacial score (nSPS) is 10.9. The Morgan fingerprint density at radius 1 is 1.00 bits per heavy atom. The molecule has 0 fully saturated rings. The van der Waals surface area contributed by atoms with Crippen LogP contribution in [0.25, 0.3) is 0 Å². The summed E-state index contributed by atoms with van der Waals surface area (Å²) >= 11 is 0. The first-order valence-corrected chi connectivity index (χ1v) is 7.65. The molecule has 0 atom stereocenters. The Kier molecular flexibility index (Phi) is 6.21. The van der Waals surface area contributed by atoms with Gasteiger partial charge in [0.25, 0.3) is 5.91 Å². The third kappa shape index (κ3) is 5.23. The number of ether oxygens (including phenoxy) is 1. The zero-order chi connectivity index (χ0) is 19.2. The molecule has 0 aliphatic heterocycles. The maximum Gasteiger partial charge on any atom is 0.416 e. The van der Waals surface area contributed by atoms with Gasteiger partial charge in [-0.3, -0.25) is 9.59 Å². The number of nitrogens with one attached hydrogen (secondary N) is 2. The van der Waals surface area contributed by atoms with Crippen LogP contribution in [0.4, 0.5) is 13.2 Å². The SMILES string of the molecule is COc1ccccc1C(=O)NCC(=O)NCc1ccc(C(F)(F)F)cc1. The third-order valence-corrected chi connectivity index (χ3v) is 3.53. The fourth-order valence-electron chi connectivity index (χ4n) is 2.16. The number of alkyl halides is 3. The minimum Gasteiger partial charge on any atom is -0.496 e. The molecular formula is C18H17F3N2O3. The molecule has 0 radical (unpaired) electrons. The summed E-state index contributed by atoms with van der Waals surface area (Å²) in [6.07, 6.45) is -4.40. The summed E-state index contributed by atoms with van der Waals surface area (Å²) in [5.41, 5.74) is 0.0598. The van der Waals surface area contributed by atoms with Crippen LogP contribution in [0, 0.1) is 0 Å². The second-order valence-electron chi connectivity index (χ2n) is 5.35. The first kappa shape index (κ1) is 19.3. The molecule has 0 saturated heterocycles. The number of rotatable bonds is 6. The summed E-state index contributed by atoms with van der Waals surface area (Å²) in [4.78, 5) is 23.9. The molecule has 2 amide bonds. The third-order valence-electron chi connectivity index (χ3n) is 3.53. The standard InChI is InChI=1S/C18H17F3N2O3/c1-26-15-5-3-2-4-14(15)17(25)23-11-16(24)22-10-12-6-8-13(9-7-12)18(19,20)21/h2-9H,10-11H2,1H3,(H,22,24)(H,23,25). The number of carbonyl (C=O) groups is 2. The lowest BCUT2D eigenvalue weighted by Gasteiger charge is -2.10. The second-order valence-corrected chi connectivity index (χ2v) is 5.35. The van der Waals surface area contributed by atoms with E-state index in [1.165, 1.54) is 19.2 Å². The summed E-state index contributed by atoms with van der Waals surface area (Å²) in [6.45, 7) is -0.209. The molecule has 2 aromatic rings. The Morgan fingerprint density at radius 2 is 1.65 bits per heavy atom. The fraction of sp³-hybridized carbons (Fsp3) is 0.222. The predicted molar refractivity (Wildman–Crippen MR) is 88.6 cm³/mol. The van der Waals surface area contributed by atoms with Gasteiger partial charge in [0.2, 0.25) is 5.91 Å². The first-order chi connectivity index (χ1) is 12.3. The molecule has 0 aliphatic rings. The number of para-hydroxylation sites is 1. The lowest BCUT2D eigenvalue weighted by atomic mass is 10.1. The van der Waals surface area contributed by atoms with Crippen molar-refractivity contribution in [2.45, 2.75) is 12.7 Å². The van der Waals surface area contributed by atoms with E-state index in [0.717, 1.165) is 12.1 Å². The van der Waals surface area contributed by atoms with E-state index in [0.29, 0.717) is 16.9 Å². The van der Waals surface area contributed by atoms with Crippen molar-refractivity contribution < 1.29 is 27.5 Å². The number of hydrogen-bond donors (Lipinski definition) is 2. The van der Waals surface area contributed by atoms with Crippen molar-refractivity contribution >= 4 is 11.8 Å². The van der Waals surface area contributed by atoms with Gasteiger partial charge in [-0.25, -0.2) is 0 Å². The average Bonchev–Trinajstić information content (AvgIpc) is 2.64. The smallest absolute Gasteiger partial charge is 0.416 e. The monoisotopic (exact) mass is 366 g/mol. The summed E-state index contributed by atoms with van der Waals surface area (Å²) in [7, 11) is 1.43. The van der Waals surface area contributed by atoms with Crippen LogP contribution in [-0.4, -0.2) is 25.5 Å². The molecule has 138 valence electrons. The molecule has 0 aliphatic carbocycles. The van der Waals surface area contributed by atoms with Gasteiger partial charge in [-0.05, 0) is 29.8 Å². The molecule has 0 saturated carbocycles. The van der Waals surface area contributed by atoms with Crippen molar-refractivity contribution in [3.63, 3.8) is 0 Å². The summed E-state index contributed by atoms with van der Waals surface area (Å²) in [5, 5.41) is 4.99. The highest BCUT2D eigenvalue weighted by atomic mass is 19.4. The molecule has 0 bridgehead atoms. The van der Waals surface area contributed by atoms with E-state index in [-0.39, 0.29) is 13.1 Å². The number of amides is 2. The minimum atomic E-state index is -4.40. The molecule has 0 unspecified atom stereocenters. The summed E-state index contributed by atoms with van der Waals surface area (Å²) in [6, 6.07) is 11.0. The molecule has 0 spiro atoms. The highest BCUT2D eigenvalue weighted by Crippen LogP contribution is 2.29. The topological polar surface area (TPSA) is 67.4 Å². The second kappa shape index (κ2) is 8.37. The Morgan fingerprint density at radius 3 is 2.27 bits per heavy atom. The summed E-state index contributed by atoms with van der Waals surface area (Å²) < 4.78 is 42.5. The maximum absolute atomic E-state index is 12.5. The zero-order valence-electron chi connectivity index (χ0n) is 13.9. The highest BCUT2D eigenvalue weighted by molar-refractivity contribution is 5.98. The Labute approximate surface area is 148 Å². The van der Waals surface area contributed by atoms with E-state index >= 15 is 0 Å². The molecule has 26 heavy (non-hydrogen) atoms.